The van der Waals surface area contributed by atoms with Gasteiger partial charge < -0.3 is 15.4 Å². The SMILES string of the molecule is COc1ccc(C(CC(C)C)NC(=O)/C(=C/c2cccs2)NC(=O)c2ccc(C)cc2)cc1. The topological polar surface area (TPSA) is 67.4 Å². The van der Waals surface area contributed by atoms with Crippen LogP contribution in [0.1, 0.15) is 52.7 Å². The van der Waals surface area contributed by atoms with Crippen LogP contribution in [0.4, 0.5) is 0 Å². The van der Waals surface area contributed by atoms with Gasteiger partial charge in [-0.1, -0.05) is 49.7 Å². The highest BCUT2D eigenvalue weighted by atomic mass is 32.1. The van der Waals surface area contributed by atoms with Crippen LogP contribution in [0, 0.1) is 12.8 Å². The van der Waals surface area contributed by atoms with Crippen LogP contribution in [-0.2, 0) is 4.79 Å². The van der Waals surface area contributed by atoms with Crippen molar-refractivity contribution in [2.75, 3.05) is 7.11 Å². The minimum Gasteiger partial charge on any atom is -0.497 e. The number of benzene rings is 2. The first-order valence-corrected chi connectivity index (χ1v) is 11.8. The molecule has 0 aliphatic carbocycles. The Morgan fingerprint density at radius 3 is 2.30 bits per heavy atom. The van der Waals surface area contributed by atoms with E-state index >= 15 is 0 Å². The van der Waals surface area contributed by atoms with E-state index in [1.165, 1.54) is 11.3 Å². The van der Waals surface area contributed by atoms with Gasteiger partial charge in [0.15, 0.2) is 0 Å². The predicted molar refractivity (Wildman–Crippen MR) is 134 cm³/mol. The molecule has 33 heavy (non-hydrogen) atoms. The van der Waals surface area contributed by atoms with Crippen LogP contribution in [0.3, 0.4) is 0 Å². The van der Waals surface area contributed by atoms with Crippen LogP contribution in [0.25, 0.3) is 6.08 Å². The lowest BCUT2D eigenvalue weighted by Gasteiger charge is -2.22. The molecule has 0 aliphatic heterocycles. The number of carbonyl (C=O) groups excluding carboxylic acids is 2. The summed E-state index contributed by atoms with van der Waals surface area (Å²) in [6.45, 7) is 6.19. The molecule has 2 amide bonds. The number of rotatable bonds is 9. The van der Waals surface area contributed by atoms with Gasteiger partial charge in [-0.15, -0.1) is 11.3 Å². The fraction of sp³-hybridized carbons (Fsp3) is 0.259. The molecule has 0 bridgehead atoms. The van der Waals surface area contributed by atoms with E-state index in [1.807, 2.05) is 60.8 Å². The van der Waals surface area contributed by atoms with Crippen LogP contribution >= 0.6 is 11.3 Å². The Morgan fingerprint density at radius 2 is 1.73 bits per heavy atom. The zero-order valence-corrected chi connectivity index (χ0v) is 20.2. The molecule has 0 radical (unpaired) electrons. The van der Waals surface area contributed by atoms with Crippen molar-refractivity contribution >= 4 is 29.2 Å². The Balaban J connectivity index is 1.85. The third-order valence-corrected chi connectivity index (χ3v) is 5.99. The van der Waals surface area contributed by atoms with Gasteiger partial charge in [0.1, 0.15) is 11.4 Å². The van der Waals surface area contributed by atoms with Crippen molar-refractivity contribution in [1.29, 1.82) is 0 Å². The van der Waals surface area contributed by atoms with Crippen molar-refractivity contribution in [1.82, 2.24) is 10.6 Å². The highest BCUT2D eigenvalue weighted by Crippen LogP contribution is 2.24. The van der Waals surface area contributed by atoms with Crippen LogP contribution < -0.4 is 15.4 Å². The molecule has 0 saturated carbocycles. The summed E-state index contributed by atoms with van der Waals surface area (Å²) in [5.74, 6) is 0.476. The van der Waals surface area contributed by atoms with Gasteiger partial charge in [0.25, 0.3) is 11.8 Å². The van der Waals surface area contributed by atoms with E-state index in [9.17, 15) is 9.59 Å². The van der Waals surface area contributed by atoms with Crippen LogP contribution in [0.15, 0.2) is 71.7 Å². The molecule has 1 unspecified atom stereocenters. The molecule has 1 aromatic heterocycles. The fourth-order valence-electron chi connectivity index (χ4n) is 3.40. The molecule has 2 N–H and O–H groups in total. The Hall–Kier alpha value is -3.38. The average molecular weight is 463 g/mol. The van der Waals surface area contributed by atoms with Gasteiger partial charge in [-0.2, -0.15) is 0 Å². The summed E-state index contributed by atoms with van der Waals surface area (Å²) in [5, 5.41) is 7.87. The van der Waals surface area contributed by atoms with Gasteiger partial charge in [0.05, 0.1) is 13.2 Å². The van der Waals surface area contributed by atoms with Crippen molar-refractivity contribution in [2.45, 2.75) is 33.2 Å². The fourth-order valence-corrected chi connectivity index (χ4v) is 4.05. The van der Waals surface area contributed by atoms with Gasteiger partial charge in [0, 0.05) is 10.4 Å². The Labute approximate surface area is 199 Å². The molecule has 172 valence electrons. The third-order valence-electron chi connectivity index (χ3n) is 5.17. The molecule has 0 spiro atoms. The molecule has 3 aromatic rings. The van der Waals surface area contributed by atoms with Crippen molar-refractivity contribution in [3.05, 3.63) is 93.3 Å². The van der Waals surface area contributed by atoms with Gasteiger partial charge in [-0.25, -0.2) is 0 Å². The molecular weight excluding hydrogens is 432 g/mol. The van der Waals surface area contributed by atoms with Gasteiger partial charge in [-0.05, 0) is 66.6 Å². The van der Waals surface area contributed by atoms with Crippen molar-refractivity contribution in [3.63, 3.8) is 0 Å². The largest absolute Gasteiger partial charge is 0.497 e. The normalized spacial score (nSPS) is 12.3. The molecule has 1 atom stereocenters. The summed E-state index contributed by atoms with van der Waals surface area (Å²) in [6, 6.07) is 18.6. The maximum Gasteiger partial charge on any atom is 0.268 e. The number of nitrogens with one attached hydrogen (secondary N) is 2. The second-order valence-corrected chi connectivity index (χ2v) is 9.30. The van der Waals surface area contributed by atoms with E-state index in [4.69, 9.17) is 4.74 Å². The second kappa shape index (κ2) is 11.5. The predicted octanol–water partition coefficient (Wildman–Crippen LogP) is 5.74. The molecule has 0 aliphatic rings. The first-order chi connectivity index (χ1) is 15.9. The maximum absolute atomic E-state index is 13.4. The van der Waals surface area contributed by atoms with Crippen molar-refractivity contribution in [3.8, 4) is 5.75 Å². The Kier molecular flexibility index (Phi) is 8.44. The zero-order valence-electron chi connectivity index (χ0n) is 19.4. The summed E-state index contributed by atoms with van der Waals surface area (Å²) >= 11 is 1.50. The Morgan fingerprint density at radius 1 is 1.03 bits per heavy atom. The number of ether oxygens (including phenoxy) is 1. The number of thiophene rings is 1. The minimum atomic E-state index is -0.328. The van der Waals surface area contributed by atoms with Crippen molar-refractivity contribution in [2.24, 2.45) is 5.92 Å². The molecule has 1 heterocycles. The minimum absolute atomic E-state index is 0.202. The molecule has 0 saturated heterocycles. The number of hydrogen-bond acceptors (Lipinski definition) is 4. The first kappa shape index (κ1) is 24.3. The summed E-state index contributed by atoms with van der Waals surface area (Å²) < 4.78 is 5.26. The molecule has 5 nitrogen and oxygen atoms in total. The number of aryl methyl sites for hydroxylation is 1. The van der Waals surface area contributed by atoms with Crippen LogP contribution in [-0.4, -0.2) is 18.9 Å². The highest BCUT2D eigenvalue weighted by Gasteiger charge is 2.21. The van der Waals surface area contributed by atoms with E-state index in [1.54, 1.807) is 25.3 Å². The molecule has 0 fully saturated rings. The summed E-state index contributed by atoms with van der Waals surface area (Å²) in [6.07, 6.45) is 2.48. The van der Waals surface area contributed by atoms with E-state index in [0.29, 0.717) is 11.5 Å². The van der Waals surface area contributed by atoms with Gasteiger partial charge in [-0.3, -0.25) is 9.59 Å². The lowest BCUT2D eigenvalue weighted by atomic mass is 9.96. The van der Waals surface area contributed by atoms with E-state index in [0.717, 1.165) is 28.2 Å². The summed E-state index contributed by atoms with van der Waals surface area (Å²) in [4.78, 5) is 27.1. The standard InChI is InChI=1S/C27H30N2O3S/c1-18(2)16-24(20-11-13-22(32-4)14-12-20)28-27(31)25(17-23-6-5-15-33-23)29-26(30)21-9-7-19(3)8-10-21/h5-15,17-18,24H,16H2,1-4H3,(H,28,31)(H,29,30)/b25-17-. The van der Waals surface area contributed by atoms with Crippen LogP contribution in [0.2, 0.25) is 0 Å². The van der Waals surface area contributed by atoms with Crippen LogP contribution in [0.5, 0.6) is 5.75 Å². The number of amides is 2. The number of carbonyl (C=O) groups is 2. The van der Waals surface area contributed by atoms with Crippen molar-refractivity contribution < 1.29 is 14.3 Å². The summed E-state index contributed by atoms with van der Waals surface area (Å²) in [5.41, 5.74) is 2.76. The van der Waals surface area contributed by atoms with E-state index in [2.05, 4.69) is 24.5 Å². The lowest BCUT2D eigenvalue weighted by molar-refractivity contribution is -0.118. The second-order valence-electron chi connectivity index (χ2n) is 8.32. The smallest absolute Gasteiger partial charge is 0.268 e. The number of hydrogen-bond donors (Lipinski definition) is 2. The monoisotopic (exact) mass is 462 g/mol. The first-order valence-electron chi connectivity index (χ1n) is 10.9. The highest BCUT2D eigenvalue weighted by molar-refractivity contribution is 7.10. The third kappa shape index (κ3) is 7.05. The molecule has 2 aromatic carbocycles. The average Bonchev–Trinajstić information content (AvgIpc) is 3.31. The zero-order chi connectivity index (χ0) is 23.8. The maximum atomic E-state index is 13.4. The molecule has 3 rings (SSSR count). The molecule has 6 heteroatoms. The Bertz CT molecular complexity index is 1090. The lowest BCUT2D eigenvalue weighted by Crippen LogP contribution is -2.37. The van der Waals surface area contributed by atoms with E-state index < -0.39 is 0 Å². The summed E-state index contributed by atoms with van der Waals surface area (Å²) in [7, 11) is 1.63. The quantitative estimate of drug-likeness (QED) is 0.399. The van der Waals surface area contributed by atoms with Gasteiger partial charge >= 0.3 is 0 Å². The van der Waals surface area contributed by atoms with E-state index in [-0.39, 0.29) is 23.6 Å². The molecular formula is C27H30N2O3S. The van der Waals surface area contributed by atoms with Gasteiger partial charge in [0.2, 0.25) is 0 Å². The number of methoxy groups -OCH3 is 1.